The molecule has 0 unspecified atom stereocenters. The van der Waals surface area contributed by atoms with E-state index in [1.807, 2.05) is 0 Å². The predicted octanol–water partition coefficient (Wildman–Crippen LogP) is 2.09. The molecule has 0 heterocycles. The number of sulfonamides is 1. The van der Waals surface area contributed by atoms with E-state index in [-0.39, 0.29) is 27.9 Å². The van der Waals surface area contributed by atoms with Crippen molar-refractivity contribution < 1.29 is 18.3 Å². The lowest BCUT2D eigenvalue weighted by atomic mass is 10.4. The topological polar surface area (TPSA) is 74.7 Å². The highest BCUT2D eigenvalue weighted by atomic mass is 35.5. The van der Waals surface area contributed by atoms with Crippen LogP contribution in [0.4, 0.5) is 0 Å². The van der Waals surface area contributed by atoms with E-state index in [1.165, 1.54) is 25.2 Å². The van der Waals surface area contributed by atoms with Gasteiger partial charge in [0.25, 0.3) is 0 Å². The van der Waals surface area contributed by atoms with Gasteiger partial charge in [-0.2, -0.15) is 0 Å². The Morgan fingerprint density at radius 1 is 1.33 bits per heavy atom. The molecule has 0 saturated carbocycles. The normalized spacial score (nSPS) is 11.8. The molecule has 0 radical (unpaired) electrons. The summed E-state index contributed by atoms with van der Waals surface area (Å²) in [6.07, 6.45) is -0.267. The first-order valence-electron chi connectivity index (χ1n) is 4.88. The maximum Gasteiger partial charge on any atom is 0.304 e. The molecule has 18 heavy (non-hydrogen) atoms. The standard InChI is InChI=1S/C10H11Cl2NO4S/c1-13(5-4-10(14)15)18(16,17)7-2-3-8(11)9(12)6-7/h2-3,6H,4-5H2,1H3,(H,14,15). The van der Waals surface area contributed by atoms with Gasteiger partial charge in [-0.3, -0.25) is 4.79 Å². The lowest BCUT2D eigenvalue weighted by Gasteiger charge is -2.16. The summed E-state index contributed by atoms with van der Waals surface area (Å²) in [6, 6.07) is 3.93. The van der Waals surface area contributed by atoms with Crippen molar-refractivity contribution in [1.82, 2.24) is 4.31 Å². The van der Waals surface area contributed by atoms with Crippen LogP contribution in [0.5, 0.6) is 0 Å². The average molecular weight is 312 g/mol. The van der Waals surface area contributed by atoms with Crippen molar-refractivity contribution in [3.63, 3.8) is 0 Å². The number of hydrogen-bond donors (Lipinski definition) is 1. The molecular formula is C10H11Cl2NO4S. The third-order valence-electron chi connectivity index (χ3n) is 2.24. The predicted molar refractivity (Wildman–Crippen MR) is 68.5 cm³/mol. The SMILES string of the molecule is CN(CCC(=O)O)S(=O)(=O)c1ccc(Cl)c(Cl)c1. The molecule has 0 aliphatic rings. The van der Waals surface area contributed by atoms with Gasteiger partial charge in [0.15, 0.2) is 0 Å². The van der Waals surface area contributed by atoms with Crippen molar-refractivity contribution in [3.05, 3.63) is 28.2 Å². The van der Waals surface area contributed by atoms with Gasteiger partial charge in [0.2, 0.25) is 10.0 Å². The lowest BCUT2D eigenvalue weighted by Crippen LogP contribution is -2.29. The van der Waals surface area contributed by atoms with Crippen LogP contribution in [0.15, 0.2) is 23.1 Å². The first kappa shape index (κ1) is 15.2. The van der Waals surface area contributed by atoms with Crippen molar-refractivity contribution in [2.45, 2.75) is 11.3 Å². The quantitative estimate of drug-likeness (QED) is 0.903. The smallest absolute Gasteiger partial charge is 0.304 e. The van der Waals surface area contributed by atoms with E-state index >= 15 is 0 Å². The highest BCUT2D eigenvalue weighted by Gasteiger charge is 2.21. The number of carboxylic acids is 1. The summed E-state index contributed by atoms with van der Waals surface area (Å²) in [7, 11) is -2.44. The summed E-state index contributed by atoms with van der Waals surface area (Å²) in [5, 5.41) is 8.90. The maximum absolute atomic E-state index is 12.0. The molecule has 0 amide bonds. The monoisotopic (exact) mass is 311 g/mol. The van der Waals surface area contributed by atoms with E-state index in [0.717, 1.165) is 4.31 Å². The Morgan fingerprint density at radius 2 is 1.94 bits per heavy atom. The largest absolute Gasteiger partial charge is 0.481 e. The van der Waals surface area contributed by atoms with E-state index in [2.05, 4.69) is 0 Å². The Bertz CT molecular complexity index is 559. The molecule has 1 aromatic rings. The second kappa shape index (κ2) is 5.88. The molecule has 1 rings (SSSR count). The number of carboxylic acid groups (broad SMARTS) is 1. The zero-order valence-electron chi connectivity index (χ0n) is 9.43. The first-order chi connectivity index (χ1) is 8.25. The second-order valence-corrected chi connectivity index (χ2v) is 6.41. The Kier molecular flexibility index (Phi) is 4.98. The minimum absolute atomic E-state index is 0.0233. The molecule has 5 nitrogen and oxygen atoms in total. The molecule has 0 aliphatic carbocycles. The van der Waals surface area contributed by atoms with Crippen LogP contribution in [-0.2, 0) is 14.8 Å². The van der Waals surface area contributed by atoms with Gasteiger partial charge in [-0.1, -0.05) is 23.2 Å². The fourth-order valence-corrected chi connectivity index (χ4v) is 2.75. The molecule has 0 spiro atoms. The molecule has 0 atom stereocenters. The summed E-state index contributed by atoms with van der Waals surface area (Å²) in [5.41, 5.74) is 0. The number of nitrogens with zero attached hydrogens (tertiary/aromatic N) is 1. The highest BCUT2D eigenvalue weighted by Crippen LogP contribution is 2.26. The summed E-state index contributed by atoms with van der Waals surface area (Å²) in [6.45, 7) is -0.113. The van der Waals surface area contributed by atoms with Crippen LogP contribution in [0, 0.1) is 0 Å². The molecule has 0 aliphatic heterocycles. The molecule has 1 N–H and O–H groups in total. The van der Waals surface area contributed by atoms with Crippen molar-refractivity contribution >= 4 is 39.2 Å². The minimum atomic E-state index is -3.75. The zero-order chi connectivity index (χ0) is 13.9. The van der Waals surface area contributed by atoms with Gasteiger partial charge in [-0.05, 0) is 18.2 Å². The van der Waals surface area contributed by atoms with E-state index in [0.29, 0.717) is 0 Å². The third kappa shape index (κ3) is 3.58. The third-order valence-corrected chi connectivity index (χ3v) is 4.83. The first-order valence-corrected chi connectivity index (χ1v) is 7.08. The minimum Gasteiger partial charge on any atom is -0.481 e. The molecule has 0 fully saturated rings. The van der Waals surface area contributed by atoms with Crippen LogP contribution < -0.4 is 0 Å². The molecule has 1 aromatic carbocycles. The van der Waals surface area contributed by atoms with Gasteiger partial charge in [0.05, 0.1) is 21.4 Å². The van der Waals surface area contributed by atoms with E-state index in [1.54, 1.807) is 0 Å². The summed E-state index contributed by atoms with van der Waals surface area (Å²) < 4.78 is 25.0. The molecule has 0 bridgehead atoms. The molecule has 8 heteroatoms. The summed E-state index contributed by atoms with van der Waals surface area (Å²) in [4.78, 5) is 10.4. The van der Waals surface area contributed by atoms with Crippen molar-refractivity contribution in [2.24, 2.45) is 0 Å². The van der Waals surface area contributed by atoms with Gasteiger partial charge in [-0.25, -0.2) is 12.7 Å². The number of aliphatic carboxylic acids is 1. The van der Waals surface area contributed by atoms with Gasteiger partial charge >= 0.3 is 5.97 Å². The Labute approximate surface area is 115 Å². The average Bonchev–Trinajstić information content (AvgIpc) is 2.29. The van der Waals surface area contributed by atoms with Gasteiger partial charge < -0.3 is 5.11 Å². The molecule has 0 saturated heterocycles. The van der Waals surface area contributed by atoms with Crippen LogP contribution >= 0.6 is 23.2 Å². The van der Waals surface area contributed by atoms with E-state index in [9.17, 15) is 13.2 Å². The second-order valence-electron chi connectivity index (χ2n) is 3.55. The van der Waals surface area contributed by atoms with Crippen molar-refractivity contribution in [1.29, 1.82) is 0 Å². The van der Waals surface area contributed by atoms with E-state index < -0.39 is 16.0 Å². The number of rotatable bonds is 5. The number of halogens is 2. The maximum atomic E-state index is 12.0. The molecule has 100 valence electrons. The van der Waals surface area contributed by atoms with Gasteiger partial charge in [0.1, 0.15) is 0 Å². The number of hydrogen-bond acceptors (Lipinski definition) is 3. The number of benzene rings is 1. The fraction of sp³-hybridized carbons (Fsp3) is 0.300. The Morgan fingerprint density at radius 3 is 2.44 bits per heavy atom. The highest BCUT2D eigenvalue weighted by molar-refractivity contribution is 7.89. The molecular weight excluding hydrogens is 301 g/mol. The van der Waals surface area contributed by atoms with Gasteiger partial charge in [0, 0.05) is 13.6 Å². The Balaban J connectivity index is 2.98. The van der Waals surface area contributed by atoms with Crippen LogP contribution in [0.1, 0.15) is 6.42 Å². The number of carbonyl (C=O) groups is 1. The van der Waals surface area contributed by atoms with Crippen molar-refractivity contribution in [3.8, 4) is 0 Å². The van der Waals surface area contributed by atoms with Crippen molar-refractivity contribution in [2.75, 3.05) is 13.6 Å². The summed E-state index contributed by atoms with van der Waals surface area (Å²) in [5.74, 6) is -1.06. The van der Waals surface area contributed by atoms with Crippen LogP contribution in [0.2, 0.25) is 10.0 Å². The van der Waals surface area contributed by atoms with E-state index in [4.69, 9.17) is 28.3 Å². The van der Waals surface area contributed by atoms with Gasteiger partial charge in [-0.15, -0.1) is 0 Å². The zero-order valence-corrected chi connectivity index (χ0v) is 11.8. The fourth-order valence-electron chi connectivity index (χ4n) is 1.19. The molecule has 0 aromatic heterocycles. The lowest BCUT2D eigenvalue weighted by molar-refractivity contribution is -0.137. The van der Waals surface area contributed by atoms with Crippen LogP contribution in [0.25, 0.3) is 0 Å². The van der Waals surface area contributed by atoms with Crippen LogP contribution in [-0.4, -0.2) is 37.4 Å². The summed E-state index contributed by atoms with van der Waals surface area (Å²) >= 11 is 11.4. The Hall–Kier alpha value is -0.820. The van der Waals surface area contributed by atoms with Crippen LogP contribution in [0.3, 0.4) is 0 Å².